The molecule has 1 aliphatic rings. The Kier molecular flexibility index (Phi) is 3.75. The van der Waals surface area contributed by atoms with E-state index in [0.29, 0.717) is 5.56 Å². The molecule has 0 spiro atoms. The van der Waals surface area contributed by atoms with Crippen molar-refractivity contribution in [1.29, 1.82) is 0 Å². The summed E-state index contributed by atoms with van der Waals surface area (Å²) in [6, 6.07) is 26.6. The topological polar surface area (TPSA) is 12.5 Å². The SMILES string of the molecule is Fc1ccccc1C1OC=C(c2ccccc2)N1c1ccccc1. The molecule has 1 unspecified atom stereocenters. The van der Waals surface area contributed by atoms with Crippen molar-refractivity contribution >= 4 is 11.4 Å². The molecule has 3 heteroatoms. The number of rotatable bonds is 3. The molecule has 3 aromatic rings. The fraction of sp³-hybridized carbons (Fsp3) is 0.0476. The Labute approximate surface area is 140 Å². The number of ether oxygens (including phenoxy) is 1. The van der Waals surface area contributed by atoms with E-state index in [1.54, 1.807) is 18.4 Å². The first-order valence-electron chi connectivity index (χ1n) is 7.84. The molecule has 24 heavy (non-hydrogen) atoms. The number of anilines is 1. The predicted molar refractivity (Wildman–Crippen MR) is 93.6 cm³/mol. The molecule has 1 heterocycles. The molecule has 0 N–H and O–H groups in total. The minimum atomic E-state index is -0.524. The van der Waals surface area contributed by atoms with Crippen LogP contribution in [-0.2, 0) is 4.74 Å². The van der Waals surface area contributed by atoms with E-state index in [1.165, 1.54) is 6.07 Å². The van der Waals surface area contributed by atoms with E-state index < -0.39 is 6.23 Å². The highest BCUT2D eigenvalue weighted by Gasteiger charge is 2.32. The van der Waals surface area contributed by atoms with Gasteiger partial charge in [-0.3, -0.25) is 4.90 Å². The zero-order valence-electron chi connectivity index (χ0n) is 13.0. The maximum absolute atomic E-state index is 14.3. The van der Waals surface area contributed by atoms with Gasteiger partial charge in [-0.1, -0.05) is 66.7 Å². The van der Waals surface area contributed by atoms with E-state index in [9.17, 15) is 4.39 Å². The van der Waals surface area contributed by atoms with Crippen LogP contribution < -0.4 is 4.90 Å². The molecule has 1 atom stereocenters. The minimum Gasteiger partial charge on any atom is -0.471 e. The highest BCUT2D eigenvalue weighted by atomic mass is 19.1. The largest absolute Gasteiger partial charge is 0.471 e. The second-order valence-corrected chi connectivity index (χ2v) is 5.58. The Bertz CT molecular complexity index is 861. The van der Waals surface area contributed by atoms with E-state index in [4.69, 9.17) is 4.74 Å². The van der Waals surface area contributed by atoms with Crippen LogP contribution in [-0.4, -0.2) is 0 Å². The summed E-state index contributed by atoms with van der Waals surface area (Å²) in [6.07, 6.45) is 1.18. The van der Waals surface area contributed by atoms with Crippen LogP contribution in [0.3, 0.4) is 0 Å². The molecule has 3 aromatic carbocycles. The van der Waals surface area contributed by atoms with Crippen LogP contribution in [0.15, 0.2) is 91.2 Å². The molecule has 0 aromatic heterocycles. The molecule has 0 aliphatic carbocycles. The van der Waals surface area contributed by atoms with Crippen molar-refractivity contribution in [3.05, 3.63) is 108 Å². The van der Waals surface area contributed by atoms with Crippen molar-refractivity contribution in [2.45, 2.75) is 6.23 Å². The third-order valence-corrected chi connectivity index (χ3v) is 4.08. The molecular weight excluding hydrogens is 301 g/mol. The molecule has 0 saturated heterocycles. The van der Waals surface area contributed by atoms with Crippen molar-refractivity contribution in [1.82, 2.24) is 0 Å². The Balaban J connectivity index is 1.81. The van der Waals surface area contributed by atoms with Gasteiger partial charge < -0.3 is 4.74 Å². The predicted octanol–water partition coefficient (Wildman–Crippen LogP) is 5.36. The van der Waals surface area contributed by atoms with Crippen LogP contribution in [0.2, 0.25) is 0 Å². The molecule has 2 nitrogen and oxygen atoms in total. The van der Waals surface area contributed by atoms with Gasteiger partial charge in [0.1, 0.15) is 12.1 Å². The molecular formula is C21H16FNO. The smallest absolute Gasteiger partial charge is 0.205 e. The molecule has 0 bridgehead atoms. The summed E-state index contributed by atoms with van der Waals surface area (Å²) in [5, 5.41) is 0. The van der Waals surface area contributed by atoms with Gasteiger partial charge in [0.15, 0.2) is 0 Å². The van der Waals surface area contributed by atoms with Crippen molar-refractivity contribution in [2.24, 2.45) is 0 Å². The van der Waals surface area contributed by atoms with Gasteiger partial charge in [0.2, 0.25) is 6.23 Å². The lowest BCUT2D eigenvalue weighted by molar-refractivity contribution is 0.170. The van der Waals surface area contributed by atoms with Gasteiger partial charge in [-0.2, -0.15) is 0 Å². The van der Waals surface area contributed by atoms with Gasteiger partial charge in [0.25, 0.3) is 0 Å². The number of benzene rings is 3. The zero-order chi connectivity index (χ0) is 16.4. The van der Waals surface area contributed by atoms with Gasteiger partial charge in [-0.15, -0.1) is 0 Å². The summed E-state index contributed by atoms with van der Waals surface area (Å²) < 4.78 is 20.2. The van der Waals surface area contributed by atoms with Gasteiger partial charge in [-0.05, 0) is 18.2 Å². The third-order valence-electron chi connectivity index (χ3n) is 4.08. The maximum Gasteiger partial charge on any atom is 0.205 e. The molecule has 0 radical (unpaired) electrons. The monoisotopic (exact) mass is 317 g/mol. The first kappa shape index (κ1) is 14.5. The van der Waals surface area contributed by atoms with Gasteiger partial charge in [0, 0.05) is 16.8 Å². The van der Waals surface area contributed by atoms with Crippen LogP contribution in [0.25, 0.3) is 5.70 Å². The van der Waals surface area contributed by atoms with Crippen LogP contribution in [0, 0.1) is 5.82 Å². The van der Waals surface area contributed by atoms with Crippen LogP contribution >= 0.6 is 0 Å². The Morgan fingerprint density at radius 3 is 2.08 bits per heavy atom. The molecule has 4 rings (SSSR count). The highest BCUT2D eigenvalue weighted by Crippen LogP contribution is 2.41. The summed E-state index contributed by atoms with van der Waals surface area (Å²) in [4.78, 5) is 2.02. The fourth-order valence-corrected chi connectivity index (χ4v) is 2.94. The van der Waals surface area contributed by atoms with Crippen molar-refractivity contribution in [3.63, 3.8) is 0 Å². The zero-order valence-corrected chi connectivity index (χ0v) is 13.0. The third kappa shape index (κ3) is 2.54. The quantitative estimate of drug-likeness (QED) is 0.645. The standard InChI is InChI=1S/C21H16FNO/c22-19-14-8-7-13-18(19)21-23(17-11-5-2-6-12-17)20(15-24-21)16-9-3-1-4-10-16/h1-15,21H. The first-order chi connectivity index (χ1) is 11.8. The van der Waals surface area contributed by atoms with Gasteiger partial charge >= 0.3 is 0 Å². The second kappa shape index (κ2) is 6.20. The van der Waals surface area contributed by atoms with E-state index in [-0.39, 0.29) is 5.82 Å². The maximum atomic E-state index is 14.3. The molecule has 1 aliphatic heterocycles. The molecule has 0 saturated carbocycles. The number of halogens is 1. The van der Waals surface area contributed by atoms with E-state index in [1.807, 2.05) is 71.6 Å². The number of para-hydroxylation sites is 1. The lowest BCUT2D eigenvalue weighted by Gasteiger charge is -2.28. The van der Waals surface area contributed by atoms with Crippen molar-refractivity contribution < 1.29 is 9.13 Å². The average molecular weight is 317 g/mol. The summed E-state index contributed by atoms with van der Waals surface area (Å²) >= 11 is 0. The number of hydrogen-bond acceptors (Lipinski definition) is 2. The molecule has 0 amide bonds. The lowest BCUT2D eigenvalue weighted by Crippen LogP contribution is -2.24. The minimum absolute atomic E-state index is 0.272. The van der Waals surface area contributed by atoms with E-state index >= 15 is 0 Å². The van der Waals surface area contributed by atoms with E-state index in [0.717, 1.165) is 16.9 Å². The Morgan fingerprint density at radius 2 is 1.38 bits per heavy atom. The van der Waals surface area contributed by atoms with E-state index in [2.05, 4.69) is 0 Å². The van der Waals surface area contributed by atoms with Gasteiger partial charge in [-0.25, -0.2) is 4.39 Å². The summed E-state index contributed by atoms with van der Waals surface area (Å²) in [5.41, 5.74) is 3.41. The normalized spacial score (nSPS) is 16.6. The Hall–Kier alpha value is -3.07. The van der Waals surface area contributed by atoms with Gasteiger partial charge in [0.05, 0.1) is 5.70 Å². The average Bonchev–Trinajstić information content (AvgIpc) is 3.08. The molecule has 0 fully saturated rings. The van der Waals surface area contributed by atoms with Crippen LogP contribution in [0.5, 0.6) is 0 Å². The summed E-state index contributed by atoms with van der Waals surface area (Å²) in [7, 11) is 0. The van der Waals surface area contributed by atoms with Crippen LogP contribution in [0.4, 0.5) is 10.1 Å². The highest BCUT2D eigenvalue weighted by molar-refractivity contribution is 5.81. The summed E-state index contributed by atoms with van der Waals surface area (Å²) in [5.74, 6) is -0.272. The number of hydrogen-bond donors (Lipinski definition) is 0. The fourth-order valence-electron chi connectivity index (χ4n) is 2.94. The Morgan fingerprint density at radius 1 is 0.750 bits per heavy atom. The lowest BCUT2D eigenvalue weighted by atomic mass is 10.1. The van der Waals surface area contributed by atoms with Crippen molar-refractivity contribution in [2.75, 3.05) is 4.90 Å². The molecule has 118 valence electrons. The first-order valence-corrected chi connectivity index (χ1v) is 7.84. The summed E-state index contributed by atoms with van der Waals surface area (Å²) in [6.45, 7) is 0. The number of nitrogens with zero attached hydrogens (tertiary/aromatic N) is 1. The van der Waals surface area contributed by atoms with Crippen LogP contribution in [0.1, 0.15) is 17.4 Å². The van der Waals surface area contributed by atoms with Crippen molar-refractivity contribution in [3.8, 4) is 0 Å². The second-order valence-electron chi connectivity index (χ2n) is 5.58.